The summed E-state index contributed by atoms with van der Waals surface area (Å²) in [4.78, 5) is 20.6. The van der Waals surface area contributed by atoms with Gasteiger partial charge in [0.15, 0.2) is 5.78 Å². The van der Waals surface area contributed by atoms with Crippen molar-refractivity contribution in [2.45, 2.75) is 72.6 Å². The number of rotatable bonds is 18. The number of ether oxygens (including phenoxy) is 2. The van der Waals surface area contributed by atoms with Crippen molar-refractivity contribution >= 4 is 11.5 Å². The van der Waals surface area contributed by atoms with Crippen LogP contribution >= 0.6 is 0 Å². The number of fused-ring (bicyclic) bond motifs is 2. The van der Waals surface area contributed by atoms with Crippen molar-refractivity contribution in [1.82, 2.24) is 9.80 Å². The molecular formula is C32H51N3O3. The molecule has 0 bridgehead atoms. The Labute approximate surface area is 231 Å². The Kier molecular flexibility index (Phi) is 12.7. The molecule has 212 valence electrons. The van der Waals surface area contributed by atoms with Gasteiger partial charge in [-0.15, -0.1) is 0 Å². The van der Waals surface area contributed by atoms with E-state index >= 15 is 0 Å². The maximum Gasteiger partial charge on any atom is 0.174 e. The fourth-order valence-electron chi connectivity index (χ4n) is 5.67. The number of Topliss-reactive ketones (excluding diaryl/α,β-unsaturated/α-hetero) is 1. The van der Waals surface area contributed by atoms with Crippen LogP contribution in [0.5, 0.6) is 5.75 Å². The Balaban J connectivity index is 1.55. The van der Waals surface area contributed by atoms with Gasteiger partial charge in [0.25, 0.3) is 0 Å². The van der Waals surface area contributed by atoms with Gasteiger partial charge in [0, 0.05) is 43.9 Å². The molecule has 1 aliphatic heterocycles. The fraction of sp³-hybridized carbons (Fsp3) is 0.656. The second-order valence-corrected chi connectivity index (χ2v) is 10.7. The Morgan fingerprint density at radius 1 is 0.816 bits per heavy atom. The van der Waals surface area contributed by atoms with Crippen LogP contribution in [0.15, 0.2) is 41.8 Å². The van der Waals surface area contributed by atoms with E-state index in [4.69, 9.17) is 9.47 Å². The minimum Gasteiger partial charge on any atom is -0.498 e. The van der Waals surface area contributed by atoms with Gasteiger partial charge in [0.05, 0.1) is 30.6 Å². The predicted molar refractivity (Wildman–Crippen MR) is 158 cm³/mol. The molecule has 1 atom stereocenters. The highest BCUT2D eigenvalue weighted by molar-refractivity contribution is 6.07. The Bertz CT molecular complexity index is 930. The highest BCUT2D eigenvalue weighted by Gasteiger charge is 2.37. The second-order valence-electron chi connectivity index (χ2n) is 10.7. The molecule has 0 amide bonds. The first-order valence-electron chi connectivity index (χ1n) is 15.0. The zero-order valence-corrected chi connectivity index (χ0v) is 24.6. The van der Waals surface area contributed by atoms with Crippen molar-refractivity contribution in [2.75, 3.05) is 64.4 Å². The number of carbonyl (C=O) groups is 1. The maximum atomic E-state index is 13.5. The van der Waals surface area contributed by atoms with Crippen molar-refractivity contribution < 1.29 is 14.3 Å². The molecule has 1 aromatic rings. The van der Waals surface area contributed by atoms with Crippen LogP contribution in [0, 0.1) is 5.92 Å². The molecule has 0 fully saturated rings. The molecule has 1 heterocycles. The summed E-state index contributed by atoms with van der Waals surface area (Å²) in [7, 11) is 2.05. The molecule has 0 radical (unpaired) electrons. The van der Waals surface area contributed by atoms with E-state index in [1.807, 2.05) is 18.2 Å². The van der Waals surface area contributed by atoms with E-state index < -0.39 is 0 Å². The third kappa shape index (κ3) is 8.34. The van der Waals surface area contributed by atoms with E-state index in [9.17, 15) is 4.79 Å². The number of hydrogen-bond acceptors (Lipinski definition) is 6. The molecular weight excluding hydrogens is 474 g/mol. The average molecular weight is 526 g/mol. The Morgan fingerprint density at radius 2 is 1.39 bits per heavy atom. The molecule has 0 spiro atoms. The van der Waals surface area contributed by atoms with E-state index in [1.54, 1.807) is 0 Å². The van der Waals surface area contributed by atoms with Crippen molar-refractivity contribution in [3.05, 3.63) is 47.4 Å². The summed E-state index contributed by atoms with van der Waals surface area (Å²) in [5, 5.41) is 0. The predicted octanol–water partition coefficient (Wildman–Crippen LogP) is 6.53. The smallest absolute Gasteiger partial charge is 0.174 e. The molecule has 0 saturated heterocycles. The largest absolute Gasteiger partial charge is 0.498 e. The second kappa shape index (κ2) is 15.9. The molecule has 0 N–H and O–H groups in total. The lowest BCUT2D eigenvalue weighted by molar-refractivity contribution is 0.0910. The van der Waals surface area contributed by atoms with Crippen LogP contribution in [0.3, 0.4) is 0 Å². The summed E-state index contributed by atoms with van der Waals surface area (Å²) >= 11 is 0. The highest BCUT2D eigenvalue weighted by atomic mass is 16.5. The molecule has 6 nitrogen and oxygen atoms in total. The van der Waals surface area contributed by atoms with Crippen molar-refractivity contribution in [3.8, 4) is 5.75 Å². The van der Waals surface area contributed by atoms with E-state index in [0.717, 1.165) is 80.6 Å². The number of allylic oxidation sites excluding steroid dienone is 4. The van der Waals surface area contributed by atoms with Crippen molar-refractivity contribution in [1.29, 1.82) is 0 Å². The third-order valence-corrected chi connectivity index (χ3v) is 7.45. The van der Waals surface area contributed by atoms with Gasteiger partial charge in [-0.25, -0.2) is 0 Å². The molecule has 1 unspecified atom stereocenters. The summed E-state index contributed by atoms with van der Waals surface area (Å²) in [5.41, 5.74) is 2.74. The van der Waals surface area contributed by atoms with Crippen LogP contribution in [-0.4, -0.2) is 75.1 Å². The van der Waals surface area contributed by atoms with Crippen LogP contribution in [0.2, 0.25) is 0 Å². The quantitative estimate of drug-likeness (QED) is 0.203. The lowest BCUT2D eigenvalue weighted by atomic mass is 9.83. The topological polar surface area (TPSA) is 45.2 Å². The minimum atomic E-state index is -0.181. The average Bonchev–Trinajstić information content (AvgIpc) is 2.92. The monoisotopic (exact) mass is 525 g/mol. The first-order valence-corrected chi connectivity index (χ1v) is 15.0. The summed E-state index contributed by atoms with van der Waals surface area (Å²) < 4.78 is 12.2. The summed E-state index contributed by atoms with van der Waals surface area (Å²) in [6.07, 6.45) is 11.5. The Morgan fingerprint density at radius 3 is 1.97 bits per heavy atom. The van der Waals surface area contributed by atoms with E-state index in [0.29, 0.717) is 19.6 Å². The molecule has 3 rings (SSSR count). The molecule has 1 aromatic carbocycles. The molecule has 6 heteroatoms. The maximum absolute atomic E-state index is 13.5. The normalized spacial score (nSPS) is 16.9. The summed E-state index contributed by atoms with van der Waals surface area (Å²) in [6.45, 7) is 17.0. The van der Waals surface area contributed by atoms with E-state index in [1.165, 1.54) is 25.7 Å². The van der Waals surface area contributed by atoms with Crippen LogP contribution < -0.4 is 9.64 Å². The molecule has 2 aliphatic rings. The standard InChI is InChI=1S/C32H51N3O3/c1-6-16-34(17-7-2)20-10-22-37-26-13-15-30-29(24-26)32(36)28-14-12-27(25-31(28)33(30)5)38-23-11-21-35(18-8-3)19-9-4/h12-15,25,29H,6-11,16-24H2,1-5H3. The van der Waals surface area contributed by atoms with Gasteiger partial charge < -0.3 is 24.2 Å². The fourth-order valence-corrected chi connectivity index (χ4v) is 5.67. The SMILES string of the molecule is CCCN(CCC)CCCOC1=CC=C2C(C1)C(=O)c1ccc(OCCCN(CCC)CCC)cc1N2C. The number of hydrogen-bond donors (Lipinski definition) is 0. The Hall–Kier alpha value is -2.31. The van der Waals surface area contributed by atoms with Gasteiger partial charge in [0.1, 0.15) is 5.75 Å². The zero-order chi connectivity index (χ0) is 27.3. The van der Waals surface area contributed by atoms with Gasteiger partial charge in [-0.3, -0.25) is 4.79 Å². The first-order chi connectivity index (χ1) is 18.5. The lowest BCUT2D eigenvalue weighted by Crippen LogP contribution is -2.36. The number of anilines is 1. The lowest BCUT2D eigenvalue weighted by Gasteiger charge is -2.37. The molecule has 0 aromatic heterocycles. The van der Waals surface area contributed by atoms with Crippen LogP contribution in [0.25, 0.3) is 0 Å². The zero-order valence-electron chi connectivity index (χ0n) is 24.6. The minimum absolute atomic E-state index is 0.178. The van der Waals surface area contributed by atoms with Gasteiger partial charge >= 0.3 is 0 Å². The number of nitrogens with zero attached hydrogens (tertiary/aromatic N) is 3. The van der Waals surface area contributed by atoms with E-state index in [2.05, 4.69) is 61.6 Å². The molecule has 38 heavy (non-hydrogen) atoms. The van der Waals surface area contributed by atoms with Crippen molar-refractivity contribution in [2.24, 2.45) is 5.92 Å². The van der Waals surface area contributed by atoms with Crippen LogP contribution in [0.1, 0.15) is 83.0 Å². The molecule has 1 aliphatic carbocycles. The summed E-state index contributed by atoms with van der Waals surface area (Å²) in [6, 6.07) is 5.91. The van der Waals surface area contributed by atoms with Crippen LogP contribution in [-0.2, 0) is 4.74 Å². The molecule has 0 saturated carbocycles. The van der Waals surface area contributed by atoms with Crippen LogP contribution in [0.4, 0.5) is 5.69 Å². The van der Waals surface area contributed by atoms with Gasteiger partial charge in [-0.1, -0.05) is 27.7 Å². The number of carbonyl (C=O) groups excluding carboxylic acids is 1. The van der Waals surface area contributed by atoms with E-state index in [-0.39, 0.29) is 11.7 Å². The van der Waals surface area contributed by atoms with Crippen molar-refractivity contribution in [3.63, 3.8) is 0 Å². The van der Waals surface area contributed by atoms with Gasteiger partial charge in [-0.2, -0.15) is 0 Å². The first kappa shape index (κ1) is 30.2. The summed E-state index contributed by atoms with van der Waals surface area (Å²) in [5.74, 6) is 1.74. The highest BCUT2D eigenvalue weighted by Crippen LogP contribution is 2.41. The van der Waals surface area contributed by atoms with Gasteiger partial charge in [0.2, 0.25) is 0 Å². The third-order valence-electron chi connectivity index (χ3n) is 7.45. The van der Waals surface area contributed by atoms with Gasteiger partial charge in [-0.05, 0) is 89.0 Å². The number of ketones is 1. The number of benzene rings is 1.